The zero-order valence-corrected chi connectivity index (χ0v) is 41.4. The van der Waals surface area contributed by atoms with E-state index in [-0.39, 0.29) is 63.8 Å². The lowest BCUT2D eigenvalue weighted by Crippen LogP contribution is -2.63. The number of aromatic nitrogens is 2. The topological polar surface area (TPSA) is 192 Å². The number of ether oxygens (including phenoxy) is 2. The summed E-state index contributed by atoms with van der Waals surface area (Å²) in [4.78, 5) is 38.1. The normalized spacial score (nSPS) is 24.6. The molecule has 4 fully saturated rings. The highest BCUT2D eigenvalue weighted by atomic mass is 32.2. The Labute approximate surface area is 408 Å². The van der Waals surface area contributed by atoms with Crippen molar-refractivity contribution in [1.82, 2.24) is 19.6 Å². The SMILES string of the molecule is CC(C)c1ccccc1[C@@H]1CCC[C@@H]1N1CC2(CCN(c3ccc(C(=O)NS(=O)(=O)c4cc5c(c([N+](=O)[O-])c4)N[C@@H](C4CCC(C)(O)CC4)CO5)c(Oc4cc5c(F)c[nH]c5nc4C(C)C)c3)CC2)C1. The first-order valence-corrected chi connectivity index (χ1v) is 26.4. The molecular formula is C53H64FN7O8S. The van der Waals surface area contributed by atoms with Crippen LogP contribution in [0, 0.1) is 27.3 Å². The van der Waals surface area contributed by atoms with Crippen molar-refractivity contribution in [3.8, 4) is 17.2 Å². The van der Waals surface area contributed by atoms with Gasteiger partial charge in [0.05, 0.1) is 38.1 Å². The van der Waals surface area contributed by atoms with E-state index in [1.165, 1.54) is 54.8 Å². The number of halogens is 1. The molecule has 4 N–H and O–H groups in total. The monoisotopic (exact) mass is 977 g/mol. The van der Waals surface area contributed by atoms with Crippen LogP contribution in [0.25, 0.3) is 11.0 Å². The number of nitrogens with one attached hydrogen (secondary N) is 3. The number of hydrogen-bond acceptors (Lipinski definition) is 12. The third-order valence-electron chi connectivity index (χ3n) is 16.0. The quantitative estimate of drug-likeness (QED) is 0.0684. The summed E-state index contributed by atoms with van der Waals surface area (Å²) in [6.45, 7) is 14.0. The minimum absolute atomic E-state index is 0.0244. The van der Waals surface area contributed by atoms with E-state index in [0.29, 0.717) is 54.9 Å². The molecule has 1 spiro atoms. The van der Waals surface area contributed by atoms with Crippen LogP contribution in [0.2, 0.25) is 0 Å². The van der Waals surface area contributed by atoms with Gasteiger partial charge in [-0.3, -0.25) is 19.8 Å². The standard InChI is InChI=1S/C53H64FN7O8S/c1-31(2)36-9-6-7-10-37(36)38-11-8-12-43(38)60-29-53(30-60)19-21-59(22-20-53)34-13-14-39(45(23-34)69-47-26-40-41(54)27-55-50(40)57-48(47)32(3)4)51(62)58-70(66,67)35-24-44(61(64)65)49-46(25-35)68-28-42(56-49)33-15-17-52(5,63)18-16-33/h6-7,9-10,13-14,23-27,31-33,38,42-43,56,63H,8,11-12,15-22,28-30H2,1-5H3,(H,55,57)(H,58,62)/t33?,38-,42+,43-,52?/m0/s1. The maximum atomic E-state index is 15.0. The summed E-state index contributed by atoms with van der Waals surface area (Å²) < 4.78 is 57.9. The second-order valence-electron chi connectivity index (χ2n) is 21.5. The van der Waals surface area contributed by atoms with E-state index in [1.807, 2.05) is 13.8 Å². The van der Waals surface area contributed by atoms with Gasteiger partial charge in [-0.15, -0.1) is 0 Å². The molecule has 5 aromatic rings. The molecular weight excluding hydrogens is 914 g/mol. The molecule has 17 heteroatoms. The fourth-order valence-electron chi connectivity index (χ4n) is 12.0. The third-order valence-corrected chi connectivity index (χ3v) is 17.3. The minimum atomic E-state index is -4.73. The van der Waals surface area contributed by atoms with Gasteiger partial charge in [0.1, 0.15) is 29.6 Å². The van der Waals surface area contributed by atoms with E-state index in [1.54, 1.807) is 19.1 Å². The summed E-state index contributed by atoms with van der Waals surface area (Å²) >= 11 is 0. The molecule has 2 aromatic heterocycles. The molecule has 0 bridgehead atoms. The van der Waals surface area contributed by atoms with E-state index in [4.69, 9.17) is 9.47 Å². The van der Waals surface area contributed by atoms with Gasteiger partial charge in [-0.2, -0.15) is 0 Å². The Kier molecular flexibility index (Phi) is 12.6. The van der Waals surface area contributed by atoms with Crippen LogP contribution in [0.15, 0.2) is 71.8 Å². The first-order valence-electron chi connectivity index (χ1n) is 25.0. The van der Waals surface area contributed by atoms with Crippen molar-refractivity contribution in [1.29, 1.82) is 0 Å². The maximum absolute atomic E-state index is 15.0. The summed E-state index contributed by atoms with van der Waals surface area (Å²) in [7, 11) is -4.73. The number of piperidine rings is 1. The third kappa shape index (κ3) is 9.20. The second-order valence-corrected chi connectivity index (χ2v) is 23.2. The number of anilines is 2. The average Bonchev–Trinajstić information content (AvgIpc) is 3.96. The molecule has 10 rings (SSSR count). The Balaban J connectivity index is 0.892. The lowest BCUT2D eigenvalue weighted by molar-refractivity contribution is -0.384. The first-order chi connectivity index (χ1) is 33.4. The van der Waals surface area contributed by atoms with E-state index >= 15 is 0 Å². The molecule has 15 nitrogen and oxygen atoms in total. The summed E-state index contributed by atoms with van der Waals surface area (Å²) in [5.74, 6) is -0.413. The van der Waals surface area contributed by atoms with Crippen LogP contribution in [0.5, 0.6) is 17.2 Å². The lowest BCUT2D eigenvalue weighted by atomic mass is 9.70. The predicted octanol–water partition coefficient (Wildman–Crippen LogP) is 10.1. The molecule has 0 unspecified atom stereocenters. The number of H-pyrrole nitrogens is 1. The van der Waals surface area contributed by atoms with Gasteiger partial charge in [-0.25, -0.2) is 22.5 Å². The van der Waals surface area contributed by atoms with E-state index in [9.17, 15) is 32.8 Å². The Morgan fingerprint density at radius 3 is 2.44 bits per heavy atom. The summed E-state index contributed by atoms with van der Waals surface area (Å²) in [6, 6.07) is 17.9. The molecule has 2 saturated heterocycles. The molecule has 70 heavy (non-hydrogen) atoms. The molecule has 2 aliphatic carbocycles. The van der Waals surface area contributed by atoms with Crippen LogP contribution < -0.4 is 24.4 Å². The van der Waals surface area contributed by atoms with Gasteiger partial charge in [-0.05, 0) is 117 Å². The number of aliphatic hydroxyl groups is 1. The van der Waals surface area contributed by atoms with Gasteiger partial charge in [0, 0.05) is 62.3 Å². The number of sulfonamides is 1. The molecule has 2 saturated carbocycles. The van der Waals surface area contributed by atoms with Crippen molar-refractivity contribution in [3.63, 3.8) is 0 Å². The van der Waals surface area contributed by atoms with Gasteiger partial charge in [0.25, 0.3) is 21.6 Å². The summed E-state index contributed by atoms with van der Waals surface area (Å²) in [5.41, 5.74) is 3.46. The summed E-state index contributed by atoms with van der Waals surface area (Å²) in [5, 5.41) is 26.4. The maximum Gasteiger partial charge on any atom is 0.297 e. The van der Waals surface area contributed by atoms with E-state index in [2.05, 4.69) is 67.9 Å². The van der Waals surface area contributed by atoms with Crippen LogP contribution in [-0.4, -0.2) is 89.7 Å². The number of aromatic amines is 1. The molecule has 5 heterocycles. The highest BCUT2D eigenvalue weighted by Crippen LogP contribution is 2.50. The van der Waals surface area contributed by atoms with Crippen molar-refractivity contribution < 1.29 is 37.1 Å². The predicted molar refractivity (Wildman–Crippen MR) is 266 cm³/mol. The van der Waals surface area contributed by atoms with Crippen molar-refractivity contribution in [3.05, 3.63) is 105 Å². The Hall–Kier alpha value is -5.78. The molecule has 372 valence electrons. The van der Waals surface area contributed by atoms with Gasteiger partial charge < -0.3 is 29.8 Å². The van der Waals surface area contributed by atoms with Gasteiger partial charge in [-0.1, -0.05) is 58.4 Å². The molecule has 3 atom stereocenters. The number of nitro groups is 1. The number of fused-ring (bicyclic) bond motifs is 2. The number of nitrogens with zero attached hydrogens (tertiary/aromatic N) is 4. The number of carbonyl (C=O) groups excluding carboxylic acids is 1. The van der Waals surface area contributed by atoms with Crippen LogP contribution in [0.3, 0.4) is 0 Å². The number of rotatable bonds is 12. The number of pyridine rings is 1. The van der Waals surface area contributed by atoms with Gasteiger partial charge in [0.2, 0.25) is 0 Å². The van der Waals surface area contributed by atoms with Crippen molar-refractivity contribution >= 4 is 44.0 Å². The number of amides is 1. The minimum Gasteiger partial charge on any atom is -0.489 e. The second kappa shape index (κ2) is 18.4. The van der Waals surface area contributed by atoms with Gasteiger partial charge in [0.15, 0.2) is 11.4 Å². The Morgan fingerprint density at radius 1 is 0.986 bits per heavy atom. The zero-order chi connectivity index (χ0) is 49.3. The van der Waals surface area contributed by atoms with Crippen molar-refractivity contribution in [2.24, 2.45) is 11.3 Å². The molecule has 1 amide bonds. The highest BCUT2D eigenvalue weighted by molar-refractivity contribution is 7.90. The highest BCUT2D eigenvalue weighted by Gasteiger charge is 2.49. The van der Waals surface area contributed by atoms with E-state index in [0.717, 1.165) is 50.8 Å². The molecule has 0 radical (unpaired) electrons. The number of benzene rings is 3. The van der Waals surface area contributed by atoms with Crippen molar-refractivity contribution in [2.45, 2.75) is 133 Å². The van der Waals surface area contributed by atoms with Crippen LogP contribution in [0.1, 0.15) is 137 Å². The zero-order valence-electron chi connectivity index (χ0n) is 40.6. The number of carbonyl (C=O) groups is 1. The fourth-order valence-corrected chi connectivity index (χ4v) is 13.0. The number of nitro benzene ring substituents is 1. The van der Waals surface area contributed by atoms with Gasteiger partial charge >= 0.3 is 0 Å². The van der Waals surface area contributed by atoms with Crippen molar-refractivity contribution in [2.75, 3.05) is 43.0 Å². The average molecular weight is 978 g/mol. The molecule has 5 aliphatic rings. The largest absolute Gasteiger partial charge is 0.489 e. The first kappa shape index (κ1) is 47.9. The molecule has 3 aromatic carbocycles. The number of hydrogen-bond donors (Lipinski definition) is 4. The van der Waals surface area contributed by atoms with Crippen LogP contribution in [0.4, 0.5) is 21.5 Å². The lowest BCUT2D eigenvalue weighted by Gasteiger charge is -2.57. The fraction of sp³-hybridized carbons (Fsp3) is 0.509. The Morgan fingerprint density at radius 2 is 1.73 bits per heavy atom. The number of likely N-dealkylation sites (tertiary alicyclic amines) is 1. The van der Waals surface area contributed by atoms with Crippen LogP contribution in [-0.2, 0) is 10.0 Å². The van der Waals surface area contributed by atoms with Crippen LogP contribution >= 0.6 is 0 Å². The summed E-state index contributed by atoms with van der Waals surface area (Å²) in [6.07, 6.45) is 9.43. The Bertz CT molecular complexity index is 2930. The molecule has 3 aliphatic heterocycles. The smallest absolute Gasteiger partial charge is 0.297 e. The van der Waals surface area contributed by atoms with E-state index < -0.39 is 42.9 Å².